The zero-order valence-corrected chi connectivity index (χ0v) is 16.9. The van der Waals surface area contributed by atoms with E-state index in [-0.39, 0.29) is 11.8 Å². The van der Waals surface area contributed by atoms with Crippen molar-refractivity contribution in [2.24, 2.45) is 0 Å². The highest BCUT2D eigenvalue weighted by Gasteiger charge is 2.29. The summed E-state index contributed by atoms with van der Waals surface area (Å²) in [5.74, 6) is 1.84. The number of pyridine rings is 1. The molecule has 6 nitrogen and oxygen atoms in total. The molecule has 0 saturated carbocycles. The lowest BCUT2D eigenvalue weighted by molar-refractivity contribution is 0.0693. The maximum atomic E-state index is 13.0. The third-order valence-corrected chi connectivity index (χ3v) is 5.37. The van der Waals surface area contributed by atoms with Gasteiger partial charge >= 0.3 is 0 Å². The van der Waals surface area contributed by atoms with Gasteiger partial charge in [0.25, 0.3) is 5.91 Å². The zero-order chi connectivity index (χ0) is 20.2. The number of carbonyl (C=O) groups is 1. The van der Waals surface area contributed by atoms with E-state index >= 15 is 0 Å². The van der Waals surface area contributed by atoms with Crippen molar-refractivity contribution in [2.75, 3.05) is 20.2 Å². The number of piperidine rings is 1. The van der Waals surface area contributed by atoms with Crippen LogP contribution in [-0.2, 0) is 6.42 Å². The van der Waals surface area contributed by atoms with E-state index in [1.165, 1.54) is 7.11 Å². The van der Waals surface area contributed by atoms with Crippen LogP contribution in [0.4, 0.5) is 0 Å². The molecule has 0 radical (unpaired) electrons. The van der Waals surface area contributed by atoms with Crippen LogP contribution in [0.15, 0.2) is 53.2 Å². The molecule has 1 atom stereocenters. The minimum atomic E-state index is -0.0763. The Bertz CT molecular complexity index is 987. The highest BCUT2D eigenvalue weighted by molar-refractivity contribution is 6.30. The number of likely N-dealkylation sites (tertiary alicyclic amines) is 1. The number of hydrogen-bond donors (Lipinski definition) is 0. The molecule has 150 valence electrons. The molecule has 1 amide bonds. The third kappa shape index (κ3) is 4.43. The van der Waals surface area contributed by atoms with Gasteiger partial charge in [-0.1, -0.05) is 23.7 Å². The Morgan fingerprint density at radius 3 is 2.90 bits per heavy atom. The number of oxazole rings is 1. The number of halogens is 1. The predicted molar refractivity (Wildman–Crippen MR) is 109 cm³/mol. The Morgan fingerprint density at radius 1 is 1.28 bits per heavy atom. The van der Waals surface area contributed by atoms with Gasteiger partial charge in [-0.25, -0.2) is 9.97 Å². The maximum Gasteiger partial charge on any atom is 0.259 e. The molecular formula is C22H22ClN3O3. The van der Waals surface area contributed by atoms with E-state index in [9.17, 15) is 4.79 Å². The first-order chi connectivity index (χ1) is 14.1. The fourth-order valence-corrected chi connectivity index (χ4v) is 3.77. The standard InChI is InChI=1S/C22H22ClN3O3/c1-28-21-19(5-2-10-24-21)22(27)26-11-3-4-16(14-26)20-25-13-18(29-20)12-15-6-8-17(23)9-7-15/h2,5-10,13,16H,3-4,11-12,14H2,1H3/t16-/m0/s1. The fourth-order valence-electron chi connectivity index (χ4n) is 3.65. The summed E-state index contributed by atoms with van der Waals surface area (Å²) in [6.45, 7) is 1.27. The number of carbonyl (C=O) groups excluding carboxylic acids is 1. The van der Waals surface area contributed by atoms with Crippen molar-refractivity contribution in [1.82, 2.24) is 14.9 Å². The Hall–Kier alpha value is -2.86. The molecule has 7 heteroatoms. The lowest BCUT2D eigenvalue weighted by Gasteiger charge is -2.31. The van der Waals surface area contributed by atoms with E-state index < -0.39 is 0 Å². The SMILES string of the molecule is COc1ncccc1C(=O)N1CCC[C@H](c2ncc(Cc3ccc(Cl)cc3)o2)C1. The Balaban J connectivity index is 1.45. The third-order valence-electron chi connectivity index (χ3n) is 5.12. The normalized spacial score (nSPS) is 16.6. The first-order valence-corrected chi connectivity index (χ1v) is 9.99. The minimum absolute atomic E-state index is 0.0763. The molecule has 0 bridgehead atoms. The van der Waals surface area contributed by atoms with Crippen LogP contribution in [0, 0.1) is 0 Å². The Kier molecular flexibility index (Phi) is 5.81. The van der Waals surface area contributed by atoms with Gasteiger partial charge in [0.05, 0.1) is 19.2 Å². The summed E-state index contributed by atoms with van der Waals surface area (Å²) in [6.07, 6.45) is 5.88. The largest absolute Gasteiger partial charge is 0.480 e. The van der Waals surface area contributed by atoms with Crippen LogP contribution in [0.1, 0.15) is 46.3 Å². The molecule has 1 aliphatic heterocycles. The lowest BCUT2D eigenvalue weighted by atomic mass is 9.97. The average Bonchev–Trinajstić information content (AvgIpc) is 3.23. The second kappa shape index (κ2) is 8.66. The van der Waals surface area contributed by atoms with E-state index in [0.717, 1.165) is 24.2 Å². The Labute approximate surface area is 174 Å². The van der Waals surface area contributed by atoms with Crippen molar-refractivity contribution < 1.29 is 13.9 Å². The van der Waals surface area contributed by atoms with Gasteiger partial charge in [0.15, 0.2) is 5.89 Å². The monoisotopic (exact) mass is 411 g/mol. The molecule has 29 heavy (non-hydrogen) atoms. The van der Waals surface area contributed by atoms with Gasteiger partial charge in [0.1, 0.15) is 11.3 Å². The smallest absolute Gasteiger partial charge is 0.259 e. The summed E-state index contributed by atoms with van der Waals surface area (Å²) in [5, 5.41) is 0.712. The van der Waals surface area contributed by atoms with Gasteiger partial charge < -0.3 is 14.1 Å². The molecule has 4 rings (SSSR count). The summed E-state index contributed by atoms with van der Waals surface area (Å²) in [4.78, 5) is 23.4. The van der Waals surface area contributed by atoms with Crippen molar-refractivity contribution >= 4 is 17.5 Å². The fraction of sp³-hybridized carbons (Fsp3) is 0.318. The van der Waals surface area contributed by atoms with Gasteiger partial charge in [-0.05, 0) is 42.7 Å². The van der Waals surface area contributed by atoms with E-state index in [1.54, 1.807) is 24.5 Å². The van der Waals surface area contributed by atoms with Crippen molar-refractivity contribution in [1.29, 1.82) is 0 Å². The van der Waals surface area contributed by atoms with Crippen molar-refractivity contribution in [3.05, 3.63) is 76.6 Å². The minimum Gasteiger partial charge on any atom is -0.480 e. The molecule has 3 heterocycles. The number of ether oxygens (including phenoxy) is 1. The molecule has 3 aromatic rings. The first-order valence-electron chi connectivity index (χ1n) is 9.61. The number of aromatic nitrogens is 2. The quantitative estimate of drug-likeness (QED) is 0.624. The van der Waals surface area contributed by atoms with Crippen LogP contribution in [0.2, 0.25) is 5.02 Å². The number of nitrogens with zero attached hydrogens (tertiary/aromatic N) is 3. The van der Waals surface area contributed by atoms with E-state index in [0.29, 0.717) is 41.9 Å². The van der Waals surface area contributed by atoms with Crippen LogP contribution in [0.5, 0.6) is 5.88 Å². The van der Waals surface area contributed by atoms with Crippen molar-refractivity contribution in [2.45, 2.75) is 25.2 Å². The molecule has 0 unspecified atom stereocenters. The van der Waals surface area contributed by atoms with Gasteiger partial charge in [-0.15, -0.1) is 0 Å². The molecule has 1 fully saturated rings. The van der Waals surface area contributed by atoms with Crippen LogP contribution in [0.3, 0.4) is 0 Å². The van der Waals surface area contributed by atoms with E-state index in [2.05, 4.69) is 9.97 Å². The maximum absolute atomic E-state index is 13.0. The molecule has 0 spiro atoms. The van der Waals surface area contributed by atoms with E-state index in [4.69, 9.17) is 20.8 Å². The Morgan fingerprint density at radius 2 is 2.10 bits per heavy atom. The number of hydrogen-bond acceptors (Lipinski definition) is 5. The number of methoxy groups -OCH3 is 1. The summed E-state index contributed by atoms with van der Waals surface area (Å²) >= 11 is 5.94. The van der Waals surface area contributed by atoms with Crippen LogP contribution >= 0.6 is 11.6 Å². The molecule has 0 aliphatic carbocycles. The number of rotatable bonds is 5. The molecular weight excluding hydrogens is 390 g/mol. The molecule has 1 aliphatic rings. The predicted octanol–water partition coefficient (Wildman–Crippen LogP) is 4.34. The second-order valence-electron chi connectivity index (χ2n) is 7.12. The van der Waals surface area contributed by atoms with Gasteiger partial charge in [0, 0.05) is 30.7 Å². The van der Waals surface area contributed by atoms with Gasteiger partial charge in [-0.3, -0.25) is 4.79 Å². The summed E-state index contributed by atoms with van der Waals surface area (Å²) in [6, 6.07) is 11.2. The van der Waals surface area contributed by atoms with Gasteiger partial charge in [-0.2, -0.15) is 0 Å². The zero-order valence-electron chi connectivity index (χ0n) is 16.2. The topological polar surface area (TPSA) is 68.5 Å². The van der Waals surface area contributed by atoms with Crippen molar-refractivity contribution in [3.8, 4) is 5.88 Å². The van der Waals surface area contributed by atoms with Crippen molar-refractivity contribution in [3.63, 3.8) is 0 Å². The summed E-state index contributed by atoms with van der Waals surface area (Å²) < 4.78 is 11.3. The second-order valence-corrected chi connectivity index (χ2v) is 7.56. The lowest BCUT2D eigenvalue weighted by Crippen LogP contribution is -2.39. The highest BCUT2D eigenvalue weighted by Crippen LogP contribution is 2.29. The van der Waals surface area contributed by atoms with E-state index in [1.807, 2.05) is 29.2 Å². The average molecular weight is 412 g/mol. The summed E-state index contributed by atoms with van der Waals surface area (Å²) in [5.41, 5.74) is 1.59. The van der Waals surface area contributed by atoms with Crippen LogP contribution < -0.4 is 4.74 Å². The highest BCUT2D eigenvalue weighted by atomic mass is 35.5. The number of benzene rings is 1. The van der Waals surface area contributed by atoms with Gasteiger partial charge in [0.2, 0.25) is 5.88 Å². The molecule has 0 N–H and O–H groups in total. The van der Waals surface area contributed by atoms with Crippen LogP contribution in [0.25, 0.3) is 0 Å². The molecule has 1 aromatic carbocycles. The molecule has 2 aromatic heterocycles. The molecule has 1 saturated heterocycles. The van der Waals surface area contributed by atoms with Crippen LogP contribution in [-0.4, -0.2) is 41.0 Å². The summed E-state index contributed by atoms with van der Waals surface area (Å²) in [7, 11) is 1.52. The first kappa shape index (κ1) is 19.5. The number of amides is 1.